The number of furan rings is 1. The van der Waals surface area contributed by atoms with Crippen LogP contribution in [-0.4, -0.2) is 18.4 Å². The maximum Gasteiger partial charge on any atom is 0.291 e. The highest BCUT2D eigenvalue weighted by Gasteiger charge is 2.16. The number of anilines is 1. The number of aryl methyl sites for hydroxylation is 1. The number of hydrogen-bond donors (Lipinski definition) is 2. The lowest BCUT2D eigenvalue weighted by Crippen LogP contribution is -2.23. The molecule has 0 saturated heterocycles. The Morgan fingerprint density at radius 1 is 1.04 bits per heavy atom. The molecule has 1 heterocycles. The number of amides is 2. The minimum atomic E-state index is -0.399. The Morgan fingerprint density at radius 3 is 2.56 bits per heavy atom. The maximum absolute atomic E-state index is 12.6. The lowest BCUT2D eigenvalue weighted by molar-refractivity contribution is 0.0953. The van der Waals surface area contributed by atoms with Crippen molar-refractivity contribution in [3.8, 4) is 11.3 Å². The average molecular weight is 383 g/mol. The molecule has 0 aliphatic rings. The summed E-state index contributed by atoms with van der Waals surface area (Å²) in [6.45, 7) is 4.24. The molecule has 0 fully saturated rings. The Morgan fingerprint density at radius 2 is 1.81 bits per heavy atom. The van der Waals surface area contributed by atoms with Gasteiger partial charge in [0.1, 0.15) is 5.76 Å². The SMILES string of the molecule is CCNC(=O)c1ccc(C)c(NC(=O)c2ccc(-c3ccccc3Cl)o2)c1. The molecule has 1 aromatic heterocycles. The molecule has 2 amide bonds. The summed E-state index contributed by atoms with van der Waals surface area (Å²) in [5.74, 6) is 0.0859. The van der Waals surface area contributed by atoms with Gasteiger partial charge in [-0.25, -0.2) is 0 Å². The van der Waals surface area contributed by atoms with Gasteiger partial charge in [0.2, 0.25) is 0 Å². The summed E-state index contributed by atoms with van der Waals surface area (Å²) >= 11 is 6.17. The van der Waals surface area contributed by atoms with Crippen molar-refractivity contribution in [2.45, 2.75) is 13.8 Å². The maximum atomic E-state index is 12.6. The van der Waals surface area contributed by atoms with Gasteiger partial charge in [0.05, 0.1) is 5.02 Å². The minimum Gasteiger partial charge on any atom is -0.451 e. The summed E-state index contributed by atoms with van der Waals surface area (Å²) in [5, 5.41) is 6.08. The van der Waals surface area contributed by atoms with Crippen LogP contribution in [0.5, 0.6) is 0 Å². The molecule has 0 saturated carbocycles. The molecule has 3 rings (SSSR count). The average Bonchev–Trinajstić information content (AvgIpc) is 3.14. The van der Waals surface area contributed by atoms with Gasteiger partial charge in [-0.3, -0.25) is 9.59 Å². The summed E-state index contributed by atoms with van der Waals surface area (Å²) in [4.78, 5) is 24.6. The van der Waals surface area contributed by atoms with E-state index in [0.29, 0.717) is 34.1 Å². The van der Waals surface area contributed by atoms with E-state index < -0.39 is 5.91 Å². The van der Waals surface area contributed by atoms with Crippen LogP contribution in [0.4, 0.5) is 5.69 Å². The zero-order chi connectivity index (χ0) is 19.4. The number of nitrogens with one attached hydrogen (secondary N) is 2. The van der Waals surface area contributed by atoms with Crippen molar-refractivity contribution in [3.05, 3.63) is 76.5 Å². The topological polar surface area (TPSA) is 71.3 Å². The van der Waals surface area contributed by atoms with Crippen molar-refractivity contribution in [3.63, 3.8) is 0 Å². The predicted octanol–water partition coefficient (Wildman–Crippen LogP) is 4.91. The van der Waals surface area contributed by atoms with Crippen molar-refractivity contribution < 1.29 is 14.0 Å². The molecule has 0 radical (unpaired) electrons. The Balaban J connectivity index is 1.81. The number of benzene rings is 2. The van der Waals surface area contributed by atoms with Crippen LogP contribution in [0, 0.1) is 6.92 Å². The van der Waals surface area contributed by atoms with Crippen molar-refractivity contribution in [2.24, 2.45) is 0 Å². The minimum absolute atomic E-state index is 0.160. The largest absolute Gasteiger partial charge is 0.451 e. The van der Waals surface area contributed by atoms with E-state index in [1.54, 1.807) is 36.4 Å². The van der Waals surface area contributed by atoms with Crippen LogP contribution >= 0.6 is 11.6 Å². The van der Waals surface area contributed by atoms with Gasteiger partial charge in [-0.15, -0.1) is 0 Å². The van der Waals surface area contributed by atoms with Gasteiger partial charge in [0.15, 0.2) is 5.76 Å². The number of hydrogen-bond acceptors (Lipinski definition) is 3. The van der Waals surface area contributed by atoms with Crippen molar-refractivity contribution in [2.75, 3.05) is 11.9 Å². The van der Waals surface area contributed by atoms with Crippen LogP contribution in [0.1, 0.15) is 33.4 Å². The lowest BCUT2D eigenvalue weighted by Gasteiger charge is -2.10. The Kier molecular flexibility index (Phi) is 5.62. The van der Waals surface area contributed by atoms with Crippen LogP contribution < -0.4 is 10.6 Å². The van der Waals surface area contributed by atoms with Gasteiger partial charge < -0.3 is 15.1 Å². The van der Waals surface area contributed by atoms with Gasteiger partial charge in [0.25, 0.3) is 11.8 Å². The molecule has 0 atom stereocenters. The first-order valence-corrected chi connectivity index (χ1v) is 8.92. The quantitative estimate of drug-likeness (QED) is 0.658. The third-order valence-electron chi connectivity index (χ3n) is 4.05. The summed E-state index contributed by atoms with van der Waals surface area (Å²) in [5.41, 5.74) is 2.59. The van der Waals surface area contributed by atoms with E-state index in [2.05, 4.69) is 10.6 Å². The molecule has 2 N–H and O–H groups in total. The molecule has 0 bridgehead atoms. The van der Waals surface area contributed by atoms with E-state index in [1.807, 2.05) is 32.0 Å². The van der Waals surface area contributed by atoms with E-state index in [0.717, 1.165) is 5.56 Å². The molecule has 3 aromatic rings. The normalized spacial score (nSPS) is 10.5. The van der Waals surface area contributed by atoms with E-state index in [4.69, 9.17) is 16.0 Å². The highest BCUT2D eigenvalue weighted by atomic mass is 35.5. The van der Waals surface area contributed by atoms with Crippen LogP contribution in [-0.2, 0) is 0 Å². The Bertz CT molecular complexity index is 995. The fraction of sp³-hybridized carbons (Fsp3) is 0.143. The Hall–Kier alpha value is -3.05. The second-order valence-electron chi connectivity index (χ2n) is 5.99. The van der Waals surface area contributed by atoms with Gasteiger partial charge in [-0.05, 0) is 55.8 Å². The first-order valence-electron chi connectivity index (χ1n) is 8.54. The number of halogens is 1. The summed E-state index contributed by atoms with van der Waals surface area (Å²) in [6, 6.07) is 15.7. The van der Waals surface area contributed by atoms with Crippen LogP contribution in [0.2, 0.25) is 5.02 Å². The summed E-state index contributed by atoms with van der Waals surface area (Å²) in [6.07, 6.45) is 0. The van der Waals surface area contributed by atoms with Crippen molar-refractivity contribution in [1.82, 2.24) is 5.32 Å². The van der Waals surface area contributed by atoms with E-state index >= 15 is 0 Å². The van der Waals surface area contributed by atoms with E-state index in [9.17, 15) is 9.59 Å². The molecule has 0 spiro atoms. The van der Waals surface area contributed by atoms with Crippen LogP contribution in [0.15, 0.2) is 59.0 Å². The molecule has 0 aliphatic carbocycles. The first kappa shape index (κ1) is 18.7. The fourth-order valence-electron chi connectivity index (χ4n) is 2.61. The molecular weight excluding hydrogens is 364 g/mol. The molecule has 27 heavy (non-hydrogen) atoms. The highest BCUT2D eigenvalue weighted by molar-refractivity contribution is 6.33. The number of carbonyl (C=O) groups is 2. The lowest BCUT2D eigenvalue weighted by atomic mass is 10.1. The molecule has 138 valence electrons. The second-order valence-corrected chi connectivity index (χ2v) is 6.39. The van der Waals surface area contributed by atoms with Crippen molar-refractivity contribution >= 4 is 29.1 Å². The van der Waals surface area contributed by atoms with Crippen molar-refractivity contribution in [1.29, 1.82) is 0 Å². The summed E-state index contributed by atoms with van der Waals surface area (Å²) in [7, 11) is 0. The Labute approximate surface area is 162 Å². The van der Waals surface area contributed by atoms with E-state index in [1.165, 1.54) is 0 Å². The molecule has 2 aromatic carbocycles. The first-order chi connectivity index (χ1) is 13.0. The van der Waals surface area contributed by atoms with Gasteiger partial charge in [0, 0.05) is 23.4 Å². The molecular formula is C21H19ClN2O3. The summed E-state index contributed by atoms with van der Waals surface area (Å²) < 4.78 is 5.66. The third kappa shape index (κ3) is 4.20. The number of rotatable bonds is 5. The molecule has 6 heteroatoms. The molecule has 0 aliphatic heterocycles. The highest BCUT2D eigenvalue weighted by Crippen LogP contribution is 2.29. The van der Waals surface area contributed by atoms with Crippen LogP contribution in [0.3, 0.4) is 0 Å². The number of carbonyl (C=O) groups excluding carboxylic acids is 2. The van der Waals surface area contributed by atoms with Gasteiger partial charge in [-0.1, -0.05) is 29.8 Å². The third-order valence-corrected chi connectivity index (χ3v) is 4.38. The van der Waals surface area contributed by atoms with Crippen LogP contribution in [0.25, 0.3) is 11.3 Å². The monoisotopic (exact) mass is 382 g/mol. The fourth-order valence-corrected chi connectivity index (χ4v) is 2.84. The van der Waals surface area contributed by atoms with Gasteiger partial charge in [-0.2, -0.15) is 0 Å². The molecule has 0 unspecified atom stereocenters. The second kappa shape index (κ2) is 8.10. The predicted molar refractivity (Wildman–Crippen MR) is 106 cm³/mol. The van der Waals surface area contributed by atoms with E-state index in [-0.39, 0.29) is 11.7 Å². The zero-order valence-electron chi connectivity index (χ0n) is 15.0. The standard InChI is InChI=1S/C21H19ClN2O3/c1-3-23-20(25)14-9-8-13(2)17(12-14)24-21(26)19-11-10-18(27-19)15-6-4-5-7-16(15)22/h4-12H,3H2,1-2H3,(H,23,25)(H,24,26). The molecule has 5 nitrogen and oxygen atoms in total. The van der Waals surface area contributed by atoms with Gasteiger partial charge >= 0.3 is 0 Å². The smallest absolute Gasteiger partial charge is 0.291 e. The zero-order valence-corrected chi connectivity index (χ0v) is 15.8.